The SMILES string of the molecule is CC(=O)O.CCCCC(C)C1C(=O)CC2C3CC=C4CC(=O)CCC4(C)C3CCC21C. The molecule has 0 radical (unpaired) electrons. The summed E-state index contributed by atoms with van der Waals surface area (Å²) in [5.41, 5.74) is 1.85. The molecule has 0 heterocycles. The third-order valence-electron chi connectivity index (χ3n) is 9.43. The summed E-state index contributed by atoms with van der Waals surface area (Å²) < 4.78 is 0. The van der Waals surface area contributed by atoms with E-state index in [1.54, 1.807) is 0 Å². The number of carbonyl (C=O) groups is 3. The number of unbranched alkanes of at least 4 members (excludes halogenated alkanes) is 1. The van der Waals surface area contributed by atoms with E-state index in [9.17, 15) is 9.59 Å². The molecule has 4 rings (SSSR count). The number of hydrogen-bond acceptors (Lipinski definition) is 3. The van der Waals surface area contributed by atoms with E-state index in [-0.39, 0.29) is 16.7 Å². The molecule has 4 nitrogen and oxygen atoms in total. The Balaban J connectivity index is 0.000000628. The Hall–Kier alpha value is -1.45. The smallest absolute Gasteiger partial charge is 0.300 e. The maximum atomic E-state index is 13.2. The molecule has 4 aliphatic carbocycles. The first-order valence-corrected chi connectivity index (χ1v) is 12.5. The second kappa shape index (κ2) is 9.19. The van der Waals surface area contributed by atoms with Crippen LogP contribution in [0.25, 0.3) is 0 Å². The van der Waals surface area contributed by atoms with E-state index in [1.165, 1.54) is 37.7 Å². The zero-order valence-corrected chi connectivity index (χ0v) is 20.2. The molecule has 0 aromatic carbocycles. The number of aliphatic carboxylic acids is 1. The van der Waals surface area contributed by atoms with Crippen molar-refractivity contribution in [3.05, 3.63) is 11.6 Å². The lowest BCUT2D eigenvalue weighted by molar-refractivity contribution is -0.134. The molecule has 7 unspecified atom stereocenters. The third kappa shape index (κ3) is 4.41. The minimum Gasteiger partial charge on any atom is -0.481 e. The van der Waals surface area contributed by atoms with Crippen LogP contribution in [0.1, 0.15) is 98.8 Å². The van der Waals surface area contributed by atoms with Crippen molar-refractivity contribution in [3.8, 4) is 0 Å². The number of carboxylic acids is 1. The first kappa shape index (κ1) is 24.2. The highest BCUT2D eigenvalue weighted by Gasteiger charge is 2.61. The lowest BCUT2D eigenvalue weighted by Crippen LogP contribution is -2.50. The summed E-state index contributed by atoms with van der Waals surface area (Å²) in [6.45, 7) is 10.6. The van der Waals surface area contributed by atoms with Crippen LogP contribution in [0.3, 0.4) is 0 Å². The normalized spacial score (nSPS) is 40.0. The van der Waals surface area contributed by atoms with E-state index >= 15 is 0 Å². The highest BCUT2D eigenvalue weighted by Crippen LogP contribution is 2.66. The second-order valence-electron chi connectivity index (χ2n) is 11.3. The minimum absolute atomic E-state index is 0.206. The molecule has 3 saturated carbocycles. The number of carbonyl (C=O) groups excluding carboxylic acids is 2. The molecule has 1 N–H and O–H groups in total. The van der Waals surface area contributed by atoms with E-state index in [0.29, 0.717) is 41.7 Å². The van der Waals surface area contributed by atoms with Crippen molar-refractivity contribution in [2.75, 3.05) is 0 Å². The highest BCUT2D eigenvalue weighted by atomic mass is 16.4. The van der Waals surface area contributed by atoms with Gasteiger partial charge >= 0.3 is 0 Å². The molecule has 7 atom stereocenters. The van der Waals surface area contributed by atoms with Crippen molar-refractivity contribution in [3.63, 3.8) is 0 Å². The number of fused-ring (bicyclic) bond motifs is 5. The maximum Gasteiger partial charge on any atom is 0.300 e. The summed E-state index contributed by atoms with van der Waals surface area (Å²) in [7, 11) is 0. The van der Waals surface area contributed by atoms with Crippen LogP contribution >= 0.6 is 0 Å². The second-order valence-corrected chi connectivity index (χ2v) is 11.3. The van der Waals surface area contributed by atoms with Gasteiger partial charge in [-0.2, -0.15) is 0 Å². The fourth-order valence-corrected chi connectivity index (χ4v) is 7.97. The molecular formula is C27H42O4. The summed E-state index contributed by atoms with van der Waals surface area (Å²) in [5, 5.41) is 7.42. The topological polar surface area (TPSA) is 71.4 Å². The van der Waals surface area contributed by atoms with Crippen LogP contribution in [0.15, 0.2) is 11.6 Å². The quantitative estimate of drug-likeness (QED) is 0.537. The van der Waals surface area contributed by atoms with Gasteiger partial charge in [-0.15, -0.1) is 0 Å². The van der Waals surface area contributed by atoms with Crippen molar-refractivity contribution in [1.82, 2.24) is 0 Å². The van der Waals surface area contributed by atoms with E-state index < -0.39 is 5.97 Å². The van der Waals surface area contributed by atoms with Crippen molar-refractivity contribution in [1.29, 1.82) is 0 Å². The molecular weight excluding hydrogens is 388 g/mol. The Morgan fingerprint density at radius 3 is 2.55 bits per heavy atom. The van der Waals surface area contributed by atoms with Gasteiger partial charge < -0.3 is 5.11 Å². The van der Waals surface area contributed by atoms with Crippen molar-refractivity contribution in [2.45, 2.75) is 98.8 Å². The average molecular weight is 431 g/mol. The number of rotatable bonds is 4. The predicted molar refractivity (Wildman–Crippen MR) is 123 cm³/mol. The molecule has 0 saturated heterocycles. The molecule has 0 aromatic rings. The van der Waals surface area contributed by atoms with Crippen LogP contribution < -0.4 is 0 Å². The third-order valence-corrected chi connectivity index (χ3v) is 9.43. The van der Waals surface area contributed by atoms with Crippen LogP contribution in [-0.2, 0) is 14.4 Å². The molecule has 0 bridgehead atoms. The first-order chi connectivity index (χ1) is 14.5. The van der Waals surface area contributed by atoms with Crippen molar-refractivity contribution >= 4 is 17.5 Å². The lowest BCUT2D eigenvalue weighted by atomic mass is 9.47. The van der Waals surface area contributed by atoms with E-state index in [4.69, 9.17) is 9.90 Å². The molecule has 174 valence electrons. The molecule has 4 heteroatoms. The van der Waals surface area contributed by atoms with Crippen LogP contribution in [0.2, 0.25) is 0 Å². The largest absolute Gasteiger partial charge is 0.481 e. The number of carboxylic acid groups (broad SMARTS) is 1. The average Bonchev–Trinajstić information content (AvgIpc) is 2.96. The van der Waals surface area contributed by atoms with Gasteiger partial charge in [0.15, 0.2) is 0 Å². The van der Waals surface area contributed by atoms with E-state index in [2.05, 4.69) is 33.8 Å². The van der Waals surface area contributed by atoms with Gasteiger partial charge in [0.25, 0.3) is 5.97 Å². The Bertz CT molecular complexity index is 748. The van der Waals surface area contributed by atoms with Crippen LogP contribution in [0.5, 0.6) is 0 Å². The van der Waals surface area contributed by atoms with Gasteiger partial charge in [-0.25, -0.2) is 0 Å². The predicted octanol–water partition coefficient (Wildman–Crippen LogP) is 6.23. The molecule has 31 heavy (non-hydrogen) atoms. The van der Waals surface area contributed by atoms with Crippen LogP contribution in [0.4, 0.5) is 0 Å². The Morgan fingerprint density at radius 1 is 1.23 bits per heavy atom. The first-order valence-electron chi connectivity index (χ1n) is 12.5. The fraction of sp³-hybridized carbons (Fsp3) is 0.815. The summed E-state index contributed by atoms with van der Waals surface area (Å²) in [6.07, 6.45) is 13.0. The summed E-state index contributed by atoms with van der Waals surface area (Å²) >= 11 is 0. The highest BCUT2D eigenvalue weighted by molar-refractivity contribution is 5.85. The van der Waals surface area contributed by atoms with Gasteiger partial charge in [-0.3, -0.25) is 14.4 Å². The molecule has 0 amide bonds. The zero-order chi connectivity index (χ0) is 23.0. The molecule has 0 aliphatic heterocycles. The van der Waals surface area contributed by atoms with Crippen LogP contribution in [0, 0.1) is 40.4 Å². The van der Waals surface area contributed by atoms with Crippen LogP contribution in [-0.4, -0.2) is 22.6 Å². The van der Waals surface area contributed by atoms with Gasteiger partial charge in [0, 0.05) is 32.1 Å². The Labute approximate surface area is 188 Å². The molecule has 0 aromatic heterocycles. The minimum atomic E-state index is -0.833. The number of ketones is 2. The van der Waals surface area contributed by atoms with E-state index in [1.807, 2.05) is 0 Å². The number of hydrogen-bond donors (Lipinski definition) is 1. The molecule has 0 spiro atoms. The van der Waals surface area contributed by atoms with Gasteiger partial charge in [-0.05, 0) is 60.2 Å². The lowest BCUT2D eigenvalue weighted by Gasteiger charge is -2.57. The zero-order valence-electron chi connectivity index (χ0n) is 20.2. The summed E-state index contributed by atoms with van der Waals surface area (Å²) in [5.74, 6) is 2.86. The molecule has 3 fully saturated rings. The van der Waals surface area contributed by atoms with Gasteiger partial charge in [0.2, 0.25) is 0 Å². The molecule has 4 aliphatic rings. The maximum absolute atomic E-state index is 13.2. The Kier molecular flexibility index (Phi) is 7.18. The van der Waals surface area contributed by atoms with Crippen molar-refractivity contribution in [2.24, 2.45) is 40.4 Å². The fourth-order valence-electron chi connectivity index (χ4n) is 7.97. The summed E-state index contributed by atoms with van der Waals surface area (Å²) in [4.78, 5) is 34.2. The standard InChI is InChI=1S/C25H38O2.C2H4O2/c1-5-6-7-16(2)23-22(27)15-21-19-9-8-17-14-18(26)10-12-24(17,3)20(19)11-13-25(21,23)4;1-2(3)4/h8,16,19-21,23H,5-7,9-15H2,1-4H3;1H3,(H,3,4). The summed E-state index contributed by atoms with van der Waals surface area (Å²) in [6, 6.07) is 0. The number of allylic oxidation sites excluding steroid dienone is 2. The number of Topliss-reactive ketones (excluding diaryl/α,β-unsaturated/α-hetero) is 2. The van der Waals surface area contributed by atoms with Gasteiger partial charge in [0.05, 0.1) is 0 Å². The monoisotopic (exact) mass is 430 g/mol. The van der Waals surface area contributed by atoms with Crippen molar-refractivity contribution < 1.29 is 19.5 Å². The van der Waals surface area contributed by atoms with E-state index in [0.717, 1.165) is 32.6 Å². The van der Waals surface area contributed by atoms with Gasteiger partial charge in [-0.1, -0.05) is 58.6 Å². The van der Waals surface area contributed by atoms with Gasteiger partial charge in [0.1, 0.15) is 11.6 Å². The Morgan fingerprint density at radius 2 is 1.90 bits per heavy atom.